The lowest BCUT2D eigenvalue weighted by Gasteiger charge is -2.29. The lowest BCUT2D eigenvalue weighted by molar-refractivity contribution is -0.122. The summed E-state index contributed by atoms with van der Waals surface area (Å²) in [5, 5.41) is 3.11. The molecule has 0 spiro atoms. The van der Waals surface area contributed by atoms with E-state index in [9.17, 15) is 13.2 Å². The molecule has 0 heterocycles. The normalized spacial score (nSPS) is 12.3. The second-order valence-electron chi connectivity index (χ2n) is 6.25. The Morgan fingerprint density at radius 3 is 2.41 bits per heavy atom. The number of nitrogens with zero attached hydrogens (tertiary/aromatic N) is 1. The van der Waals surface area contributed by atoms with Crippen LogP contribution in [0.1, 0.15) is 18.1 Å². The molecule has 0 fully saturated rings. The molecule has 2 aromatic carbocycles. The van der Waals surface area contributed by atoms with Gasteiger partial charge in [0.2, 0.25) is 15.9 Å². The van der Waals surface area contributed by atoms with Crippen molar-refractivity contribution in [2.75, 3.05) is 17.7 Å². The highest BCUT2D eigenvalue weighted by Gasteiger charge is 2.31. The van der Waals surface area contributed by atoms with E-state index in [4.69, 9.17) is 16.3 Å². The van der Waals surface area contributed by atoms with Gasteiger partial charge in [0.1, 0.15) is 11.8 Å². The Balaban J connectivity index is 2.27. The number of carbonyl (C=O) groups is 1. The van der Waals surface area contributed by atoms with Gasteiger partial charge in [-0.25, -0.2) is 8.42 Å². The lowest BCUT2D eigenvalue weighted by Crippen LogP contribution is -2.47. The molecule has 0 unspecified atom stereocenters. The molecular weight excluding hydrogens is 388 g/mol. The van der Waals surface area contributed by atoms with Gasteiger partial charge >= 0.3 is 0 Å². The SMILES string of the molecule is COc1ccc(Cl)cc1N([C@H](C)C(=O)NCc1ccc(C)cc1)S(C)(=O)=O. The van der Waals surface area contributed by atoms with Gasteiger partial charge in [-0.15, -0.1) is 0 Å². The van der Waals surface area contributed by atoms with E-state index >= 15 is 0 Å². The molecule has 2 aromatic rings. The molecule has 1 N–H and O–H groups in total. The van der Waals surface area contributed by atoms with Crippen LogP contribution < -0.4 is 14.4 Å². The van der Waals surface area contributed by atoms with Crippen molar-refractivity contribution < 1.29 is 17.9 Å². The Hall–Kier alpha value is -2.25. The zero-order chi connectivity index (χ0) is 20.2. The van der Waals surface area contributed by atoms with Crippen LogP contribution in [0.3, 0.4) is 0 Å². The Bertz CT molecular complexity index is 914. The maximum absolute atomic E-state index is 12.6. The fraction of sp³-hybridized carbons (Fsp3) is 0.316. The predicted octanol–water partition coefficient (Wildman–Crippen LogP) is 3.13. The topological polar surface area (TPSA) is 75.7 Å². The number of amides is 1. The van der Waals surface area contributed by atoms with Gasteiger partial charge < -0.3 is 10.1 Å². The van der Waals surface area contributed by atoms with Crippen LogP contribution in [0.25, 0.3) is 0 Å². The van der Waals surface area contributed by atoms with E-state index in [0.717, 1.165) is 21.7 Å². The number of benzene rings is 2. The molecule has 0 aliphatic heterocycles. The van der Waals surface area contributed by atoms with Crippen molar-refractivity contribution in [1.29, 1.82) is 0 Å². The number of hydrogen-bond donors (Lipinski definition) is 1. The van der Waals surface area contributed by atoms with Gasteiger partial charge in [0.05, 0.1) is 19.1 Å². The summed E-state index contributed by atoms with van der Waals surface area (Å²) in [6.45, 7) is 3.80. The lowest BCUT2D eigenvalue weighted by atomic mass is 10.1. The monoisotopic (exact) mass is 410 g/mol. The fourth-order valence-electron chi connectivity index (χ4n) is 2.66. The molecule has 146 valence electrons. The summed E-state index contributed by atoms with van der Waals surface area (Å²) in [5.74, 6) is -0.119. The highest BCUT2D eigenvalue weighted by molar-refractivity contribution is 7.92. The van der Waals surface area contributed by atoms with Gasteiger partial charge in [-0.05, 0) is 37.6 Å². The molecule has 0 saturated heterocycles. The summed E-state index contributed by atoms with van der Waals surface area (Å²) in [4.78, 5) is 12.6. The number of rotatable bonds is 7. The largest absolute Gasteiger partial charge is 0.495 e. The molecule has 0 radical (unpaired) electrons. The first-order chi connectivity index (χ1) is 12.6. The van der Waals surface area contributed by atoms with E-state index < -0.39 is 22.0 Å². The molecule has 0 aliphatic rings. The number of ether oxygens (including phenoxy) is 1. The van der Waals surface area contributed by atoms with E-state index in [1.807, 2.05) is 31.2 Å². The van der Waals surface area contributed by atoms with Crippen LogP contribution in [-0.4, -0.2) is 33.7 Å². The third-order valence-electron chi connectivity index (χ3n) is 4.05. The van der Waals surface area contributed by atoms with Crippen LogP contribution in [0.15, 0.2) is 42.5 Å². The minimum absolute atomic E-state index is 0.213. The van der Waals surface area contributed by atoms with Crippen molar-refractivity contribution in [3.05, 3.63) is 58.6 Å². The molecular formula is C19H23ClN2O4S. The molecule has 0 saturated carbocycles. The third-order valence-corrected chi connectivity index (χ3v) is 5.52. The van der Waals surface area contributed by atoms with Crippen LogP contribution in [-0.2, 0) is 21.4 Å². The summed E-state index contributed by atoms with van der Waals surface area (Å²) < 4.78 is 31.1. The third kappa shape index (κ3) is 5.37. The quantitative estimate of drug-likeness (QED) is 0.760. The van der Waals surface area contributed by atoms with Crippen LogP contribution in [0, 0.1) is 6.92 Å². The summed E-state index contributed by atoms with van der Waals surface area (Å²) in [6, 6.07) is 11.3. The fourth-order valence-corrected chi connectivity index (χ4v) is 4.00. The maximum Gasteiger partial charge on any atom is 0.243 e. The molecule has 8 heteroatoms. The van der Waals surface area contributed by atoms with Crippen molar-refractivity contribution in [3.63, 3.8) is 0 Å². The van der Waals surface area contributed by atoms with Crippen LogP contribution in [0.5, 0.6) is 5.75 Å². The number of aryl methyl sites for hydroxylation is 1. The summed E-state index contributed by atoms with van der Waals surface area (Å²) in [6.07, 6.45) is 1.04. The average Bonchev–Trinajstić information content (AvgIpc) is 2.60. The number of methoxy groups -OCH3 is 1. The molecule has 0 aromatic heterocycles. The number of sulfonamides is 1. The van der Waals surface area contributed by atoms with Crippen molar-refractivity contribution in [3.8, 4) is 5.75 Å². The number of hydrogen-bond acceptors (Lipinski definition) is 4. The highest BCUT2D eigenvalue weighted by atomic mass is 35.5. The standard InChI is InChI=1S/C19H23ClN2O4S/c1-13-5-7-15(8-6-13)12-21-19(23)14(2)22(27(4,24)25)17-11-16(20)9-10-18(17)26-3/h5-11,14H,12H2,1-4H3,(H,21,23)/t14-/m1/s1. The molecule has 1 atom stereocenters. The van der Waals surface area contributed by atoms with E-state index in [1.165, 1.54) is 20.1 Å². The van der Waals surface area contributed by atoms with Crippen LogP contribution >= 0.6 is 11.6 Å². The first-order valence-electron chi connectivity index (χ1n) is 8.29. The number of anilines is 1. The number of carbonyl (C=O) groups excluding carboxylic acids is 1. The van der Waals surface area contributed by atoms with Gasteiger partial charge in [0, 0.05) is 11.6 Å². The Morgan fingerprint density at radius 1 is 1.22 bits per heavy atom. The summed E-state index contributed by atoms with van der Waals surface area (Å²) >= 11 is 6.03. The predicted molar refractivity (Wildman–Crippen MR) is 108 cm³/mol. The van der Waals surface area contributed by atoms with E-state index in [1.54, 1.807) is 12.1 Å². The molecule has 0 bridgehead atoms. The number of halogens is 1. The second kappa shape index (κ2) is 8.63. The van der Waals surface area contributed by atoms with Crippen molar-refractivity contribution in [2.45, 2.75) is 26.4 Å². The minimum atomic E-state index is -3.77. The molecule has 0 aliphatic carbocycles. The summed E-state index contributed by atoms with van der Waals surface area (Å²) in [7, 11) is -2.34. The zero-order valence-electron chi connectivity index (χ0n) is 15.7. The van der Waals surface area contributed by atoms with E-state index in [0.29, 0.717) is 17.3 Å². The molecule has 1 amide bonds. The minimum Gasteiger partial charge on any atom is -0.495 e. The van der Waals surface area contributed by atoms with Crippen molar-refractivity contribution in [1.82, 2.24) is 5.32 Å². The first-order valence-corrected chi connectivity index (χ1v) is 10.5. The van der Waals surface area contributed by atoms with Crippen molar-refractivity contribution >= 4 is 33.2 Å². The highest BCUT2D eigenvalue weighted by Crippen LogP contribution is 2.34. The maximum atomic E-state index is 12.6. The second-order valence-corrected chi connectivity index (χ2v) is 8.55. The molecule has 2 rings (SSSR count). The van der Waals surface area contributed by atoms with Crippen molar-refractivity contribution in [2.24, 2.45) is 0 Å². The number of nitrogens with one attached hydrogen (secondary N) is 1. The summed E-state index contributed by atoms with van der Waals surface area (Å²) in [5.41, 5.74) is 2.26. The average molecular weight is 411 g/mol. The Morgan fingerprint density at radius 2 is 1.85 bits per heavy atom. The van der Waals surface area contributed by atoms with Gasteiger partial charge in [-0.1, -0.05) is 41.4 Å². The van der Waals surface area contributed by atoms with Gasteiger partial charge in [0.15, 0.2) is 0 Å². The Labute approximate surface area is 165 Å². The molecule has 6 nitrogen and oxygen atoms in total. The smallest absolute Gasteiger partial charge is 0.243 e. The van der Waals surface area contributed by atoms with E-state index in [2.05, 4.69) is 5.32 Å². The van der Waals surface area contributed by atoms with Crippen LogP contribution in [0.4, 0.5) is 5.69 Å². The van der Waals surface area contributed by atoms with E-state index in [-0.39, 0.29) is 5.69 Å². The Kier molecular flexibility index (Phi) is 6.73. The van der Waals surface area contributed by atoms with Gasteiger partial charge in [0.25, 0.3) is 0 Å². The molecule has 27 heavy (non-hydrogen) atoms. The van der Waals surface area contributed by atoms with Gasteiger partial charge in [-0.2, -0.15) is 0 Å². The first kappa shape index (κ1) is 21.1. The van der Waals surface area contributed by atoms with Crippen LogP contribution in [0.2, 0.25) is 5.02 Å². The zero-order valence-corrected chi connectivity index (χ0v) is 17.3. The van der Waals surface area contributed by atoms with Gasteiger partial charge in [-0.3, -0.25) is 9.10 Å².